The van der Waals surface area contributed by atoms with Crippen molar-refractivity contribution in [1.29, 1.82) is 0 Å². The number of nitrogens with zero attached hydrogens (tertiary/aromatic N) is 3. The highest BCUT2D eigenvalue weighted by atomic mass is 32.2. The molecule has 0 fully saturated rings. The van der Waals surface area contributed by atoms with Crippen molar-refractivity contribution in [3.8, 4) is 10.7 Å². The molecule has 0 N–H and O–H groups in total. The third-order valence-corrected chi connectivity index (χ3v) is 4.57. The first kappa shape index (κ1) is 12.6. The van der Waals surface area contributed by atoms with Gasteiger partial charge in [-0.15, -0.1) is 11.8 Å². The summed E-state index contributed by atoms with van der Waals surface area (Å²) in [5, 5.41) is 0.949. The van der Waals surface area contributed by atoms with Gasteiger partial charge in [0, 0.05) is 17.3 Å². The highest BCUT2D eigenvalue weighted by Crippen LogP contribution is 2.33. The zero-order valence-electron chi connectivity index (χ0n) is 10.8. The van der Waals surface area contributed by atoms with E-state index in [-0.39, 0.29) is 0 Å². The second kappa shape index (κ2) is 5.27. The van der Waals surface area contributed by atoms with Crippen molar-refractivity contribution in [3.05, 3.63) is 36.2 Å². The molecule has 96 valence electrons. The quantitative estimate of drug-likeness (QED) is 0.678. The number of thiazole rings is 1. The maximum atomic E-state index is 4.67. The molecule has 0 aliphatic carbocycles. The molecule has 0 saturated carbocycles. The Morgan fingerprint density at radius 1 is 1.32 bits per heavy atom. The van der Waals surface area contributed by atoms with E-state index in [1.54, 1.807) is 23.1 Å². The van der Waals surface area contributed by atoms with Crippen molar-refractivity contribution >= 4 is 33.4 Å². The van der Waals surface area contributed by atoms with Crippen LogP contribution in [0.25, 0.3) is 21.0 Å². The summed E-state index contributed by atoms with van der Waals surface area (Å²) in [7, 11) is 0. The molecule has 0 aliphatic rings. The van der Waals surface area contributed by atoms with Gasteiger partial charge in [0.15, 0.2) is 0 Å². The third kappa shape index (κ3) is 2.48. The molecule has 0 aromatic carbocycles. The number of fused-ring (bicyclic) bond motifs is 1. The predicted octanol–water partition coefficient (Wildman–Crippen LogP) is 4.17. The van der Waals surface area contributed by atoms with Crippen molar-refractivity contribution < 1.29 is 0 Å². The van der Waals surface area contributed by atoms with Gasteiger partial charge < -0.3 is 0 Å². The summed E-state index contributed by atoms with van der Waals surface area (Å²) < 4.78 is 0. The number of hydrogen-bond donors (Lipinski definition) is 0. The molecule has 0 amide bonds. The molecule has 0 atom stereocenters. The lowest BCUT2D eigenvalue weighted by Crippen LogP contribution is -1.86. The lowest BCUT2D eigenvalue weighted by Gasteiger charge is -2.02. The normalized spacial score (nSPS) is 11.1. The Kier molecular flexibility index (Phi) is 3.48. The van der Waals surface area contributed by atoms with E-state index in [0.29, 0.717) is 0 Å². The van der Waals surface area contributed by atoms with Gasteiger partial charge >= 0.3 is 0 Å². The monoisotopic (exact) mass is 287 g/mol. The first-order valence-electron chi connectivity index (χ1n) is 6.09. The van der Waals surface area contributed by atoms with Crippen LogP contribution in [0.4, 0.5) is 0 Å². The minimum Gasteiger partial charge on any atom is -0.253 e. The van der Waals surface area contributed by atoms with Gasteiger partial charge in [0.1, 0.15) is 21.0 Å². The van der Waals surface area contributed by atoms with Crippen molar-refractivity contribution in [2.45, 2.75) is 18.7 Å². The summed E-state index contributed by atoms with van der Waals surface area (Å²) in [6.45, 7) is 4.18. The second-order valence-corrected chi connectivity index (χ2v) is 6.42. The topological polar surface area (TPSA) is 38.7 Å². The van der Waals surface area contributed by atoms with E-state index in [0.717, 1.165) is 32.4 Å². The van der Waals surface area contributed by atoms with Crippen LogP contribution in [0.5, 0.6) is 0 Å². The van der Waals surface area contributed by atoms with Gasteiger partial charge in [-0.2, -0.15) is 0 Å². The number of aromatic nitrogens is 3. The molecule has 0 bridgehead atoms. The van der Waals surface area contributed by atoms with E-state index >= 15 is 0 Å². The zero-order valence-corrected chi connectivity index (χ0v) is 12.4. The van der Waals surface area contributed by atoms with E-state index < -0.39 is 0 Å². The van der Waals surface area contributed by atoms with E-state index in [4.69, 9.17) is 0 Å². The molecule has 3 nitrogen and oxygen atoms in total. The van der Waals surface area contributed by atoms with Crippen molar-refractivity contribution in [2.75, 3.05) is 5.75 Å². The summed E-state index contributed by atoms with van der Waals surface area (Å²) in [5.41, 5.74) is 3.06. The molecule has 3 rings (SSSR count). The SMILES string of the molecule is CCSc1cccnc1-c1nc2cc(C)cnc2s1. The molecule has 5 heteroatoms. The molecule has 0 unspecified atom stereocenters. The summed E-state index contributed by atoms with van der Waals surface area (Å²) >= 11 is 3.39. The minimum absolute atomic E-state index is 0.949. The number of thioether (sulfide) groups is 1. The van der Waals surface area contributed by atoms with Crippen molar-refractivity contribution in [1.82, 2.24) is 15.0 Å². The van der Waals surface area contributed by atoms with Crippen molar-refractivity contribution in [3.63, 3.8) is 0 Å². The Morgan fingerprint density at radius 3 is 3.05 bits per heavy atom. The van der Waals surface area contributed by atoms with Crippen LogP contribution in [0.2, 0.25) is 0 Å². The zero-order chi connectivity index (χ0) is 13.2. The van der Waals surface area contributed by atoms with Crippen LogP contribution in [0.3, 0.4) is 0 Å². The lowest BCUT2D eigenvalue weighted by molar-refractivity contribution is 1.22. The average Bonchev–Trinajstić information content (AvgIpc) is 2.82. The van der Waals surface area contributed by atoms with Crippen LogP contribution in [-0.4, -0.2) is 20.7 Å². The van der Waals surface area contributed by atoms with Crippen LogP contribution in [-0.2, 0) is 0 Å². The molecular weight excluding hydrogens is 274 g/mol. The highest BCUT2D eigenvalue weighted by Gasteiger charge is 2.12. The number of aryl methyl sites for hydroxylation is 1. The smallest absolute Gasteiger partial charge is 0.145 e. The Bertz CT molecular complexity index is 722. The molecule has 19 heavy (non-hydrogen) atoms. The third-order valence-electron chi connectivity index (χ3n) is 2.66. The van der Waals surface area contributed by atoms with Gasteiger partial charge in [0.2, 0.25) is 0 Å². The van der Waals surface area contributed by atoms with Gasteiger partial charge in [-0.3, -0.25) is 4.98 Å². The van der Waals surface area contributed by atoms with Crippen LogP contribution in [0.15, 0.2) is 35.5 Å². The van der Waals surface area contributed by atoms with Crippen molar-refractivity contribution in [2.24, 2.45) is 0 Å². The summed E-state index contributed by atoms with van der Waals surface area (Å²) in [5.74, 6) is 1.03. The van der Waals surface area contributed by atoms with E-state index in [2.05, 4.69) is 34.0 Å². The Balaban J connectivity index is 2.13. The minimum atomic E-state index is 0.949. The fourth-order valence-electron chi connectivity index (χ4n) is 1.85. The fraction of sp³-hybridized carbons (Fsp3) is 0.214. The molecule has 0 saturated heterocycles. The van der Waals surface area contributed by atoms with Crippen LogP contribution in [0, 0.1) is 6.92 Å². The standard InChI is InChI=1S/C14H13N3S2/c1-3-18-11-5-4-6-15-12(11)14-17-10-7-9(2)8-16-13(10)19-14/h4-8H,3H2,1-2H3. The van der Waals surface area contributed by atoms with E-state index in [9.17, 15) is 0 Å². The van der Waals surface area contributed by atoms with Crippen LogP contribution >= 0.6 is 23.1 Å². The van der Waals surface area contributed by atoms with Gasteiger partial charge in [-0.05, 0) is 36.4 Å². The van der Waals surface area contributed by atoms with Gasteiger partial charge in [-0.1, -0.05) is 18.3 Å². The van der Waals surface area contributed by atoms with E-state index in [1.807, 2.05) is 25.4 Å². The van der Waals surface area contributed by atoms with Crippen LogP contribution < -0.4 is 0 Å². The molecule has 3 heterocycles. The summed E-state index contributed by atoms with van der Waals surface area (Å²) in [4.78, 5) is 15.7. The Labute approximate surface area is 120 Å². The highest BCUT2D eigenvalue weighted by molar-refractivity contribution is 7.99. The summed E-state index contributed by atoms with van der Waals surface area (Å²) in [6.07, 6.45) is 3.70. The first-order chi connectivity index (χ1) is 9.28. The molecule has 0 radical (unpaired) electrons. The Hall–Kier alpha value is -1.46. The number of rotatable bonds is 3. The Morgan fingerprint density at radius 2 is 2.21 bits per heavy atom. The second-order valence-electron chi connectivity index (χ2n) is 4.14. The molecule has 0 spiro atoms. The van der Waals surface area contributed by atoms with Gasteiger partial charge in [0.25, 0.3) is 0 Å². The fourth-order valence-corrected chi connectivity index (χ4v) is 3.59. The molecule has 0 aliphatic heterocycles. The largest absolute Gasteiger partial charge is 0.253 e. The van der Waals surface area contributed by atoms with Gasteiger partial charge in [-0.25, -0.2) is 9.97 Å². The number of pyridine rings is 2. The first-order valence-corrected chi connectivity index (χ1v) is 7.89. The predicted molar refractivity (Wildman–Crippen MR) is 81.8 cm³/mol. The average molecular weight is 287 g/mol. The maximum Gasteiger partial charge on any atom is 0.145 e. The van der Waals surface area contributed by atoms with E-state index in [1.165, 1.54) is 4.90 Å². The van der Waals surface area contributed by atoms with Gasteiger partial charge in [0.05, 0.1) is 0 Å². The molecule has 3 aromatic rings. The number of hydrogen-bond acceptors (Lipinski definition) is 5. The summed E-state index contributed by atoms with van der Waals surface area (Å²) in [6, 6.07) is 6.14. The molecule has 3 aromatic heterocycles. The van der Waals surface area contributed by atoms with Crippen LogP contribution in [0.1, 0.15) is 12.5 Å². The lowest BCUT2D eigenvalue weighted by atomic mass is 10.3. The molecular formula is C14H13N3S2. The maximum absolute atomic E-state index is 4.67.